The molecule has 1 saturated carbocycles. The number of pyridine rings is 1. The molecule has 4 N–H and O–H groups in total. The second-order valence-electron chi connectivity index (χ2n) is 9.07. The number of hydrogen-bond acceptors (Lipinski definition) is 9. The highest BCUT2D eigenvalue weighted by atomic mass is 32.2. The number of hydrogen-bond donors (Lipinski definition) is 4. The molecule has 0 bridgehead atoms. The molecule has 1 saturated heterocycles. The number of halogens is 3. The Morgan fingerprint density at radius 3 is 2.61 bits per heavy atom. The second kappa shape index (κ2) is 11.3. The van der Waals surface area contributed by atoms with Crippen molar-refractivity contribution in [1.29, 1.82) is 0 Å². The fourth-order valence-corrected chi connectivity index (χ4v) is 6.08. The van der Waals surface area contributed by atoms with Gasteiger partial charge in [-0.15, -0.1) is 11.3 Å². The predicted octanol–water partition coefficient (Wildman–Crippen LogP) is 4.53. The van der Waals surface area contributed by atoms with Crippen molar-refractivity contribution in [2.24, 2.45) is 4.99 Å². The molecule has 8 nitrogen and oxygen atoms in total. The van der Waals surface area contributed by atoms with Gasteiger partial charge in [0.05, 0.1) is 21.2 Å². The van der Waals surface area contributed by atoms with E-state index in [9.17, 15) is 22.8 Å². The number of aliphatic imine (C=N–C) groups is 1. The third-order valence-electron chi connectivity index (χ3n) is 6.40. The second-order valence-corrected chi connectivity index (χ2v) is 11.2. The van der Waals surface area contributed by atoms with E-state index in [0.29, 0.717) is 51.6 Å². The van der Waals surface area contributed by atoms with E-state index in [1.54, 1.807) is 18.3 Å². The van der Waals surface area contributed by atoms with Gasteiger partial charge in [-0.1, -0.05) is 6.07 Å². The summed E-state index contributed by atoms with van der Waals surface area (Å²) in [6, 6.07) is 6.80. The first-order valence-electron chi connectivity index (χ1n) is 12.1. The van der Waals surface area contributed by atoms with E-state index in [0.717, 1.165) is 49.1 Å². The number of guanidine groups is 1. The zero-order valence-corrected chi connectivity index (χ0v) is 21.7. The van der Waals surface area contributed by atoms with Gasteiger partial charge in [0.2, 0.25) is 0 Å². The first-order chi connectivity index (χ1) is 18.2. The third-order valence-corrected chi connectivity index (χ3v) is 8.35. The molecule has 0 aromatic carbocycles. The Kier molecular flexibility index (Phi) is 7.86. The smallest absolute Gasteiger partial charge is 0.353 e. The standard InChI is InChI=1S/C25H25F3N6O2S2/c26-25(27,28)20-8-7-18(37-20)21-14(2-1-10-29-21)13-31-15-3-5-16(6-4-15)32-23-30-11-9-17(33-23)12-19-22(35)34-24(36)38-19/h1-2,7-10,12,15-16,31H,3-6,11,13H2,(H2,30,32,33)(H,34,35,36)/b19-12-/t15-,16-. The molecular weight excluding hydrogens is 537 g/mol. The maximum atomic E-state index is 13.0. The number of allylic oxidation sites excluding steroid dienone is 1. The van der Waals surface area contributed by atoms with Crippen LogP contribution in [0, 0.1) is 0 Å². The lowest BCUT2D eigenvalue weighted by atomic mass is 9.91. The molecule has 5 rings (SSSR count). The van der Waals surface area contributed by atoms with Crippen molar-refractivity contribution in [2.45, 2.75) is 50.5 Å². The fourth-order valence-electron chi connectivity index (χ4n) is 4.51. The number of nitrogens with zero attached hydrogens (tertiary/aromatic N) is 2. The summed E-state index contributed by atoms with van der Waals surface area (Å²) in [4.78, 5) is 32.2. The molecule has 2 amide bonds. The highest BCUT2D eigenvalue weighted by Gasteiger charge is 2.33. The number of aromatic nitrogens is 1. The monoisotopic (exact) mass is 562 g/mol. The van der Waals surface area contributed by atoms with Crippen molar-refractivity contribution in [3.63, 3.8) is 0 Å². The van der Waals surface area contributed by atoms with Gasteiger partial charge in [-0.2, -0.15) is 13.2 Å². The molecule has 1 aliphatic carbocycles. The van der Waals surface area contributed by atoms with Gasteiger partial charge in [-0.25, -0.2) is 4.99 Å². The summed E-state index contributed by atoms with van der Waals surface area (Å²) in [6.45, 7) is 1.08. The van der Waals surface area contributed by atoms with Gasteiger partial charge in [0.25, 0.3) is 11.1 Å². The summed E-state index contributed by atoms with van der Waals surface area (Å²) in [6.07, 6.45) is 4.41. The Hall–Kier alpha value is -3.16. The quantitative estimate of drug-likeness (QED) is 0.383. The molecule has 2 aliphatic heterocycles. The number of thiophene rings is 1. The van der Waals surface area contributed by atoms with Crippen LogP contribution in [0.3, 0.4) is 0 Å². The van der Waals surface area contributed by atoms with E-state index in [1.165, 1.54) is 6.07 Å². The zero-order valence-electron chi connectivity index (χ0n) is 20.1. The van der Waals surface area contributed by atoms with Gasteiger partial charge in [-0.05, 0) is 73.4 Å². The Morgan fingerprint density at radius 2 is 1.89 bits per heavy atom. The van der Waals surface area contributed by atoms with Crippen LogP contribution in [0.1, 0.15) is 36.1 Å². The first kappa shape index (κ1) is 26.4. The SMILES string of the molecule is O=C1NC(=O)/C(=C/C2=CCNC(N[C@H]3CC[C@H](NCc4cccnc4-c4ccc(C(F)(F)F)s4)CC3)=N2)S1. The van der Waals surface area contributed by atoms with Crippen molar-refractivity contribution in [3.05, 3.63) is 63.7 Å². The molecule has 0 radical (unpaired) electrons. The van der Waals surface area contributed by atoms with E-state index < -0.39 is 17.0 Å². The molecule has 2 fully saturated rings. The van der Waals surface area contributed by atoms with Gasteiger partial charge < -0.3 is 16.0 Å². The topological polar surface area (TPSA) is 108 Å². The molecule has 0 unspecified atom stereocenters. The molecule has 4 heterocycles. The Morgan fingerprint density at radius 1 is 1.11 bits per heavy atom. The number of carbonyl (C=O) groups is 2. The molecule has 0 atom stereocenters. The molecule has 0 spiro atoms. The molecule has 2 aromatic rings. The molecular formula is C25H25F3N6O2S2. The maximum Gasteiger partial charge on any atom is 0.425 e. The summed E-state index contributed by atoms with van der Waals surface area (Å²) in [5, 5.41) is 12.0. The predicted molar refractivity (Wildman–Crippen MR) is 141 cm³/mol. The normalized spacial score (nSPS) is 23.1. The van der Waals surface area contributed by atoms with Crippen molar-refractivity contribution in [1.82, 2.24) is 26.3 Å². The van der Waals surface area contributed by atoms with Crippen molar-refractivity contribution in [3.8, 4) is 10.6 Å². The van der Waals surface area contributed by atoms with Crippen molar-refractivity contribution in [2.75, 3.05) is 6.54 Å². The number of imide groups is 1. The Bertz CT molecular complexity index is 1310. The van der Waals surface area contributed by atoms with Crippen LogP contribution in [0.15, 0.2) is 58.2 Å². The largest absolute Gasteiger partial charge is 0.425 e. The average Bonchev–Trinajstić information content (AvgIpc) is 3.51. The minimum atomic E-state index is -4.36. The van der Waals surface area contributed by atoms with Gasteiger partial charge in [0.15, 0.2) is 5.96 Å². The summed E-state index contributed by atoms with van der Waals surface area (Å²) in [7, 11) is 0. The van der Waals surface area contributed by atoms with E-state index in [-0.39, 0.29) is 17.3 Å². The van der Waals surface area contributed by atoms with Crippen LogP contribution in [0.4, 0.5) is 18.0 Å². The summed E-state index contributed by atoms with van der Waals surface area (Å²) in [5.41, 5.74) is 2.07. The highest BCUT2D eigenvalue weighted by molar-refractivity contribution is 8.18. The van der Waals surface area contributed by atoms with Crippen LogP contribution >= 0.6 is 23.1 Å². The zero-order chi connectivity index (χ0) is 26.7. The van der Waals surface area contributed by atoms with Crippen LogP contribution in [0.25, 0.3) is 10.6 Å². The van der Waals surface area contributed by atoms with Crippen LogP contribution in [-0.2, 0) is 17.5 Å². The van der Waals surface area contributed by atoms with Gasteiger partial charge in [0.1, 0.15) is 4.88 Å². The lowest BCUT2D eigenvalue weighted by Crippen LogP contribution is -2.47. The average molecular weight is 563 g/mol. The number of rotatable bonds is 6. The summed E-state index contributed by atoms with van der Waals surface area (Å²) >= 11 is 1.57. The number of nitrogens with one attached hydrogen (secondary N) is 4. The molecule has 3 aliphatic rings. The molecule has 38 heavy (non-hydrogen) atoms. The van der Waals surface area contributed by atoms with E-state index >= 15 is 0 Å². The van der Waals surface area contributed by atoms with Gasteiger partial charge in [-0.3, -0.25) is 19.9 Å². The minimum absolute atomic E-state index is 0.234. The fraction of sp³-hybridized carbons (Fsp3) is 0.360. The van der Waals surface area contributed by atoms with Crippen LogP contribution in [0.5, 0.6) is 0 Å². The van der Waals surface area contributed by atoms with Crippen molar-refractivity contribution < 1.29 is 22.8 Å². The number of thioether (sulfide) groups is 1. The van der Waals surface area contributed by atoms with Crippen LogP contribution < -0.4 is 21.3 Å². The van der Waals surface area contributed by atoms with E-state index in [1.807, 2.05) is 12.1 Å². The highest BCUT2D eigenvalue weighted by Crippen LogP contribution is 2.38. The number of amides is 2. The van der Waals surface area contributed by atoms with Gasteiger partial charge in [0, 0.05) is 31.4 Å². The number of carbonyl (C=O) groups excluding carboxylic acids is 2. The maximum absolute atomic E-state index is 13.0. The lowest BCUT2D eigenvalue weighted by molar-refractivity contribution is -0.134. The molecule has 200 valence electrons. The Labute approximate surface area is 225 Å². The van der Waals surface area contributed by atoms with E-state index in [2.05, 4.69) is 31.2 Å². The third kappa shape index (κ3) is 6.45. The molecule has 13 heteroatoms. The minimum Gasteiger partial charge on any atom is -0.353 e. The van der Waals surface area contributed by atoms with E-state index in [4.69, 9.17) is 0 Å². The summed E-state index contributed by atoms with van der Waals surface area (Å²) < 4.78 is 39.1. The van der Waals surface area contributed by atoms with Gasteiger partial charge >= 0.3 is 6.18 Å². The first-order valence-corrected chi connectivity index (χ1v) is 13.8. The number of alkyl halides is 3. The van der Waals surface area contributed by atoms with Crippen LogP contribution in [0.2, 0.25) is 0 Å². The lowest BCUT2D eigenvalue weighted by Gasteiger charge is -2.31. The van der Waals surface area contributed by atoms with Crippen molar-refractivity contribution >= 4 is 40.2 Å². The molecule has 2 aromatic heterocycles. The summed E-state index contributed by atoms with van der Waals surface area (Å²) in [5.74, 6) is 0.231. The van der Waals surface area contributed by atoms with Crippen LogP contribution in [-0.4, -0.2) is 40.7 Å². The Balaban J connectivity index is 1.13.